The van der Waals surface area contributed by atoms with Gasteiger partial charge in [-0.2, -0.15) is 0 Å². The molecular formula is C13H17FN2O. The molecule has 4 heteroatoms. The molecular weight excluding hydrogens is 219 g/mol. The Morgan fingerprint density at radius 3 is 2.94 bits per heavy atom. The molecule has 0 saturated heterocycles. The van der Waals surface area contributed by atoms with Crippen LogP contribution in [-0.2, 0) is 4.79 Å². The van der Waals surface area contributed by atoms with Gasteiger partial charge in [0.25, 0.3) is 0 Å². The van der Waals surface area contributed by atoms with Gasteiger partial charge in [-0.1, -0.05) is 12.1 Å². The van der Waals surface area contributed by atoms with Crippen LogP contribution >= 0.6 is 0 Å². The number of aryl methyl sites for hydroxylation is 1. The van der Waals surface area contributed by atoms with Gasteiger partial charge in [-0.15, -0.1) is 0 Å². The Bertz CT molecular complexity index is 416. The summed E-state index contributed by atoms with van der Waals surface area (Å²) in [6, 6.07) is 5.59. The number of anilines is 1. The van der Waals surface area contributed by atoms with Crippen molar-refractivity contribution in [2.24, 2.45) is 0 Å². The molecule has 1 aliphatic carbocycles. The van der Waals surface area contributed by atoms with Crippen molar-refractivity contribution in [3.05, 3.63) is 29.6 Å². The van der Waals surface area contributed by atoms with E-state index < -0.39 is 0 Å². The molecule has 0 spiro atoms. The van der Waals surface area contributed by atoms with Crippen molar-refractivity contribution >= 4 is 11.6 Å². The number of rotatable bonds is 5. The summed E-state index contributed by atoms with van der Waals surface area (Å²) in [6.45, 7) is 2.18. The topological polar surface area (TPSA) is 41.1 Å². The molecule has 17 heavy (non-hydrogen) atoms. The van der Waals surface area contributed by atoms with Crippen molar-refractivity contribution in [3.63, 3.8) is 0 Å². The van der Waals surface area contributed by atoms with Gasteiger partial charge >= 0.3 is 0 Å². The van der Waals surface area contributed by atoms with Gasteiger partial charge < -0.3 is 10.6 Å². The molecule has 1 fully saturated rings. The van der Waals surface area contributed by atoms with Crippen molar-refractivity contribution in [2.45, 2.75) is 32.2 Å². The van der Waals surface area contributed by atoms with Gasteiger partial charge in [-0.3, -0.25) is 4.79 Å². The fourth-order valence-corrected chi connectivity index (χ4v) is 1.62. The highest BCUT2D eigenvalue weighted by molar-refractivity contribution is 5.77. The zero-order chi connectivity index (χ0) is 12.3. The monoisotopic (exact) mass is 236 g/mol. The van der Waals surface area contributed by atoms with Crippen LogP contribution in [0.4, 0.5) is 10.1 Å². The Hall–Kier alpha value is -1.58. The van der Waals surface area contributed by atoms with E-state index in [4.69, 9.17) is 0 Å². The lowest BCUT2D eigenvalue weighted by Gasteiger charge is -2.09. The molecule has 1 aliphatic rings. The lowest BCUT2D eigenvalue weighted by Crippen LogP contribution is -2.27. The SMILES string of the molecule is Cc1cccc(NCCC(=O)NC2CC2)c1F. The van der Waals surface area contributed by atoms with E-state index in [2.05, 4.69) is 10.6 Å². The maximum absolute atomic E-state index is 13.6. The molecule has 0 aliphatic heterocycles. The summed E-state index contributed by atoms with van der Waals surface area (Å²) in [4.78, 5) is 11.4. The minimum atomic E-state index is -0.241. The van der Waals surface area contributed by atoms with Crippen LogP contribution in [0.25, 0.3) is 0 Å². The van der Waals surface area contributed by atoms with Gasteiger partial charge in [0, 0.05) is 19.0 Å². The van der Waals surface area contributed by atoms with Crippen LogP contribution in [0.1, 0.15) is 24.8 Å². The molecule has 1 aromatic rings. The summed E-state index contributed by atoms with van der Waals surface area (Å²) in [5.74, 6) is -0.205. The zero-order valence-corrected chi connectivity index (χ0v) is 9.92. The number of amides is 1. The second-order valence-corrected chi connectivity index (χ2v) is 4.46. The third-order valence-electron chi connectivity index (χ3n) is 2.80. The van der Waals surface area contributed by atoms with E-state index in [-0.39, 0.29) is 11.7 Å². The van der Waals surface area contributed by atoms with Crippen molar-refractivity contribution in [1.82, 2.24) is 5.32 Å². The van der Waals surface area contributed by atoms with Crippen molar-refractivity contribution in [3.8, 4) is 0 Å². The first-order valence-corrected chi connectivity index (χ1v) is 5.95. The van der Waals surface area contributed by atoms with Crippen LogP contribution < -0.4 is 10.6 Å². The summed E-state index contributed by atoms with van der Waals surface area (Å²) >= 11 is 0. The van der Waals surface area contributed by atoms with E-state index in [1.54, 1.807) is 25.1 Å². The van der Waals surface area contributed by atoms with E-state index in [9.17, 15) is 9.18 Å². The van der Waals surface area contributed by atoms with E-state index in [0.29, 0.717) is 30.3 Å². The Balaban J connectivity index is 1.77. The Morgan fingerprint density at radius 1 is 1.47 bits per heavy atom. The maximum Gasteiger partial charge on any atom is 0.221 e. The predicted octanol–water partition coefficient (Wildman–Crippen LogP) is 2.21. The lowest BCUT2D eigenvalue weighted by atomic mass is 10.2. The number of benzene rings is 1. The Morgan fingerprint density at radius 2 is 2.24 bits per heavy atom. The largest absolute Gasteiger partial charge is 0.382 e. The number of carbonyl (C=O) groups is 1. The van der Waals surface area contributed by atoms with Gasteiger partial charge in [-0.05, 0) is 31.4 Å². The molecule has 1 aromatic carbocycles. The first-order chi connectivity index (χ1) is 8.16. The van der Waals surface area contributed by atoms with Crippen molar-refractivity contribution in [2.75, 3.05) is 11.9 Å². The first kappa shape index (κ1) is 11.9. The lowest BCUT2D eigenvalue weighted by molar-refractivity contribution is -0.120. The molecule has 0 radical (unpaired) electrons. The van der Waals surface area contributed by atoms with E-state index in [1.165, 1.54) is 0 Å². The highest BCUT2D eigenvalue weighted by Gasteiger charge is 2.22. The molecule has 1 amide bonds. The van der Waals surface area contributed by atoms with Gasteiger partial charge in [-0.25, -0.2) is 4.39 Å². The quantitative estimate of drug-likeness (QED) is 0.823. The number of carbonyl (C=O) groups excluding carboxylic acids is 1. The molecule has 2 rings (SSSR count). The maximum atomic E-state index is 13.6. The Labute approximate surface area is 100 Å². The van der Waals surface area contributed by atoms with E-state index >= 15 is 0 Å². The second-order valence-electron chi connectivity index (χ2n) is 4.46. The highest BCUT2D eigenvalue weighted by atomic mass is 19.1. The van der Waals surface area contributed by atoms with Crippen molar-refractivity contribution in [1.29, 1.82) is 0 Å². The minimum absolute atomic E-state index is 0.0352. The molecule has 0 unspecified atom stereocenters. The third-order valence-corrected chi connectivity index (χ3v) is 2.80. The molecule has 3 nitrogen and oxygen atoms in total. The average Bonchev–Trinajstić information content (AvgIpc) is 3.08. The van der Waals surface area contributed by atoms with Crippen LogP contribution in [0, 0.1) is 12.7 Å². The average molecular weight is 236 g/mol. The van der Waals surface area contributed by atoms with Gasteiger partial charge in [0.2, 0.25) is 5.91 Å². The number of halogens is 1. The fraction of sp³-hybridized carbons (Fsp3) is 0.462. The standard InChI is InChI=1S/C13H17FN2O/c1-9-3-2-4-11(13(9)14)15-8-7-12(17)16-10-5-6-10/h2-4,10,15H,5-8H2,1H3,(H,16,17). The normalized spacial score (nSPS) is 14.5. The summed E-state index contributed by atoms with van der Waals surface area (Å²) in [6.07, 6.45) is 2.56. The highest BCUT2D eigenvalue weighted by Crippen LogP contribution is 2.19. The van der Waals surface area contributed by atoms with Gasteiger partial charge in [0.15, 0.2) is 0 Å². The van der Waals surface area contributed by atoms with Gasteiger partial charge in [0.05, 0.1) is 5.69 Å². The van der Waals surface area contributed by atoms with Crippen LogP contribution in [0.15, 0.2) is 18.2 Å². The smallest absolute Gasteiger partial charge is 0.221 e. The van der Waals surface area contributed by atoms with Crippen LogP contribution in [0.3, 0.4) is 0 Å². The van der Waals surface area contributed by atoms with Crippen LogP contribution in [0.5, 0.6) is 0 Å². The molecule has 92 valence electrons. The fourth-order valence-electron chi connectivity index (χ4n) is 1.62. The van der Waals surface area contributed by atoms with Crippen LogP contribution in [0.2, 0.25) is 0 Å². The van der Waals surface area contributed by atoms with Crippen LogP contribution in [-0.4, -0.2) is 18.5 Å². The number of hydrogen-bond donors (Lipinski definition) is 2. The third kappa shape index (κ3) is 3.44. The molecule has 0 atom stereocenters. The summed E-state index contributed by atoms with van der Waals surface area (Å²) in [5, 5.41) is 5.84. The van der Waals surface area contributed by atoms with E-state index in [1.807, 2.05) is 0 Å². The van der Waals surface area contributed by atoms with Gasteiger partial charge in [0.1, 0.15) is 5.82 Å². The summed E-state index contributed by atoms with van der Waals surface area (Å²) < 4.78 is 13.6. The molecule has 2 N–H and O–H groups in total. The summed E-state index contributed by atoms with van der Waals surface area (Å²) in [7, 11) is 0. The number of hydrogen-bond acceptors (Lipinski definition) is 2. The molecule has 0 heterocycles. The first-order valence-electron chi connectivity index (χ1n) is 5.95. The minimum Gasteiger partial charge on any atom is -0.382 e. The summed E-state index contributed by atoms with van der Waals surface area (Å²) in [5.41, 5.74) is 1.07. The number of nitrogens with one attached hydrogen (secondary N) is 2. The zero-order valence-electron chi connectivity index (χ0n) is 9.92. The Kier molecular flexibility index (Phi) is 3.61. The second kappa shape index (κ2) is 5.17. The van der Waals surface area contributed by atoms with E-state index in [0.717, 1.165) is 12.8 Å². The predicted molar refractivity (Wildman–Crippen MR) is 65.4 cm³/mol. The molecule has 0 aromatic heterocycles. The molecule has 0 bridgehead atoms. The molecule has 1 saturated carbocycles. The van der Waals surface area contributed by atoms with Crippen molar-refractivity contribution < 1.29 is 9.18 Å².